The minimum atomic E-state index is -1.26. The Kier molecular flexibility index (Phi) is 8.63. The fourth-order valence-corrected chi connectivity index (χ4v) is 5.61. The van der Waals surface area contributed by atoms with Gasteiger partial charge in [-0.05, 0) is 80.9 Å². The van der Waals surface area contributed by atoms with E-state index in [9.17, 15) is 9.90 Å². The minimum Gasteiger partial charge on any atom is -0.490 e. The van der Waals surface area contributed by atoms with E-state index < -0.39 is 5.60 Å². The van der Waals surface area contributed by atoms with Gasteiger partial charge in [0.15, 0.2) is 0 Å². The second-order valence-corrected chi connectivity index (χ2v) is 11.5. The van der Waals surface area contributed by atoms with Gasteiger partial charge in [0.25, 0.3) is 0 Å². The summed E-state index contributed by atoms with van der Waals surface area (Å²) in [6.07, 6.45) is 2.44. The molecule has 0 spiro atoms. The van der Waals surface area contributed by atoms with Crippen LogP contribution in [-0.4, -0.2) is 52.2 Å². The van der Waals surface area contributed by atoms with Crippen molar-refractivity contribution in [1.82, 2.24) is 14.3 Å². The molecule has 0 aliphatic carbocycles. The molecular formula is C31H35Cl2N5O3. The van der Waals surface area contributed by atoms with E-state index in [1.54, 1.807) is 36.0 Å². The predicted octanol–water partition coefficient (Wildman–Crippen LogP) is 5.92. The number of aliphatic hydroxyl groups is 1. The molecule has 1 fully saturated rings. The van der Waals surface area contributed by atoms with E-state index in [1.165, 1.54) is 4.68 Å². The highest BCUT2D eigenvalue weighted by atomic mass is 35.5. The first kappa shape index (κ1) is 29.0. The maximum atomic E-state index is 12.7. The fourth-order valence-electron chi connectivity index (χ4n) is 5.00. The van der Waals surface area contributed by atoms with Crippen molar-refractivity contribution in [3.05, 3.63) is 99.2 Å². The maximum Gasteiger partial charge on any atom is 0.350 e. The Morgan fingerprint density at radius 1 is 0.927 bits per heavy atom. The summed E-state index contributed by atoms with van der Waals surface area (Å²) in [6, 6.07) is 21.1. The zero-order valence-electron chi connectivity index (χ0n) is 23.5. The van der Waals surface area contributed by atoms with Gasteiger partial charge in [-0.1, -0.05) is 36.2 Å². The lowest BCUT2D eigenvalue weighted by Gasteiger charge is -2.37. The van der Waals surface area contributed by atoms with Gasteiger partial charge in [-0.15, -0.1) is 0 Å². The Bertz CT molecular complexity index is 1520. The van der Waals surface area contributed by atoms with Crippen LogP contribution in [0.3, 0.4) is 0 Å². The molecule has 0 bridgehead atoms. The number of benzene rings is 3. The molecule has 1 saturated heterocycles. The third-order valence-electron chi connectivity index (χ3n) is 7.71. The molecule has 3 aromatic carbocycles. The third kappa shape index (κ3) is 6.40. The highest BCUT2D eigenvalue weighted by Crippen LogP contribution is 2.31. The lowest BCUT2D eigenvalue weighted by Crippen LogP contribution is -2.46. The summed E-state index contributed by atoms with van der Waals surface area (Å²) < 4.78 is 9.03. The number of ether oxygens (including phenoxy) is 1. The van der Waals surface area contributed by atoms with Gasteiger partial charge in [0.1, 0.15) is 24.3 Å². The average molecular weight is 597 g/mol. The van der Waals surface area contributed by atoms with Gasteiger partial charge in [-0.3, -0.25) is 0 Å². The van der Waals surface area contributed by atoms with Crippen LogP contribution in [0, 0.1) is 0 Å². The topological polar surface area (TPSA) is 75.8 Å². The van der Waals surface area contributed by atoms with Crippen molar-refractivity contribution < 1.29 is 9.84 Å². The molecule has 1 N–H and O–H groups in total. The Balaban J connectivity index is 1.15. The Labute approximate surface area is 250 Å². The Morgan fingerprint density at radius 3 is 2.05 bits per heavy atom. The van der Waals surface area contributed by atoms with Gasteiger partial charge in [0.05, 0.1) is 11.7 Å². The van der Waals surface area contributed by atoms with Gasteiger partial charge in [-0.25, -0.2) is 14.0 Å². The first-order valence-electron chi connectivity index (χ1n) is 13.8. The number of halogens is 2. The van der Waals surface area contributed by atoms with E-state index in [0.29, 0.717) is 21.4 Å². The summed E-state index contributed by atoms with van der Waals surface area (Å²) >= 11 is 12.3. The molecule has 1 aliphatic heterocycles. The lowest BCUT2D eigenvalue weighted by atomic mass is 9.97. The number of anilines is 2. The van der Waals surface area contributed by atoms with Gasteiger partial charge in [-0.2, -0.15) is 5.10 Å². The normalized spacial score (nSPS) is 16.0. The molecular weight excluding hydrogens is 561 g/mol. The molecule has 2 heterocycles. The van der Waals surface area contributed by atoms with Crippen LogP contribution in [0.4, 0.5) is 11.4 Å². The number of aromatic nitrogens is 3. The molecule has 4 aromatic rings. The Hall–Kier alpha value is -3.46. The quantitative estimate of drug-likeness (QED) is 0.259. The van der Waals surface area contributed by atoms with Crippen LogP contribution in [0.1, 0.15) is 38.8 Å². The molecule has 216 valence electrons. The van der Waals surface area contributed by atoms with Crippen LogP contribution >= 0.6 is 23.2 Å². The number of hydrogen-bond acceptors (Lipinski definition) is 6. The van der Waals surface area contributed by atoms with Crippen molar-refractivity contribution >= 4 is 34.6 Å². The van der Waals surface area contributed by atoms with Gasteiger partial charge < -0.3 is 19.6 Å². The van der Waals surface area contributed by atoms with E-state index >= 15 is 0 Å². The molecule has 1 aromatic heterocycles. The van der Waals surface area contributed by atoms with Crippen LogP contribution in [0.25, 0.3) is 5.69 Å². The van der Waals surface area contributed by atoms with Crippen molar-refractivity contribution in [3.63, 3.8) is 0 Å². The molecule has 8 nitrogen and oxygen atoms in total. The van der Waals surface area contributed by atoms with Gasteiger partial charge in [0, 0.05) is 53.2 Å². The third-order valence-corrected chi connectivity index (χ3v) is 8.26. The molecule has 1 aliphatic rings. The summed E-state index contributed by atoms with van der Waals surface area (Å²) in [5, 5.41) is 16.1. The van der Waals surface area contributed by atoms with Crippen LogP contribution in [0.5, 0.6) is 5.75 Å². The fraction of sp³-hybridized carbons (Fsp3) is 0.355. The molecule has 2 atom stereocenters. The van der Waals surface area contributed by atoms with Crippen molar-refractivity contribution in [1.29, 1.82) is 0 Å². The number of rotatable bonds is 9. The van der Waals surface area contributed by atoms with Crippen LogP contribution in [0.15, 0.2) is 77.9 Å². The SMILES string of the molecule is CCC(C)n1ncn(-c2ccc(N3CCN(c4ccc(OCC(C)(O)c5ccc(Cl)cc5Cl)cc4)CC3)cc2)c1=O. The van der Waals surface area contributed by atoms with Crippen LogP contribution in [-0.2, 0) is 5.60 Å². The zero-order chi connectivity index (χ0) is 29.1. The minimum absolute atomic E-state index is 0.0556. The van der Waals surface area contributed by atoms with E-state index in [-0.39, 0.29) is 18.3 Å². The monoisotopic (exact) mass is 595 g/mol. The zero-order valence-corrected chi connectivity index (χ0v) is 25.0. The smallest absolute Gasteiger partial charge is 0.350 e. The summed E-state index contributed by atoms with van der Waals surface area (Å²) in [5.74, 6) is 0.673. The highest BCUT2D eigenvalue weighted by Gasteiger charge is 2.27. The maximum absolute atomic E-state index is 12.7. The first-order chi connectivity index (χ1) is 19.7. The molecule has 0 amide bonds. The van der Waals surface area contributed by atoms with Crippen molar-refractivity contribution in [2.75, 3.05) is 42.6 Å². The number of nitrogens with zero attached hydrogens (tertiary/aromatic N) is 5. The van der Waals surface area contributed by atoms with E-state index in [0.717, 1.165) is 49.7 Å². The van der Waals surface area contributed by atoms with Crippen molar-refractivity contribution in [2.45, 2.75) is 38.8 Å². The van der Waals surface area contributed by atoms with E-state index in [2.05, 4.69) is 27.0 Å². The van der Waals surface area contributed by atoms with Crippen LogP contribution < -0.4 is 20.2 Å². The summed E-state index contributed by atoms with van der Waals surface area (Å²) in [5.41, 5.74) is 2.25. The summed E-state index contributed by atoms with van der Waals surface area (Å²) in [7, 11) is 0. The molecule has 0 saturated carbocycles. The number of piperazine rings is 1. The van der Waals surface area contributed by atoms with Gasteiger partial charge >= 0.3 is 5.69 Å². The number of hydrogen-bond donors (Lipinski definition) is 1. The van der Waals surface area contributed by atoms with Crippen molar-refractivity contribution in [2.24, 2.45) is 0 Å². The first-order valence-corrected chi connectivity index (χ1v) is 14.6. The predicted molar refractivity (Wildman–Crippen MR) is 165 cm³/mol. The molecule has 10 heteroatoms. The summed E-state index contributed by atoms with van der Waals surface area (Å²) in [4.78, 5) is 17.4. The Morgan fingerprint density at radius 2 is 1.49 bits per heavy atom. The lowest BCUT2D eigenvalue weighted by molar-refractivity contribution is 0.00769. The standard InChI is InChI=1S/C31H35Cl2N5O3/c1-4-22(2)38-30(39)37(21-34-38)26-8-6-24(7-9-26)35-15-17-36(18-16-35)25-10-12-27(13-11-25)41-20-31(3,40)28-14-5-23(32)19-29(28)33/h5-14,19,21-22,40H,4,15-18,20H2,1-3H3. The average Bonchev–Trinajstić information content (AvgIpc) is 3.37. The highest BCUT2D eigenvalue weighted by molar-refractivity contribution is 6.35. The van der Waals surface area contributed by atoms with E-state index in [4.69, 9.17) is 27.9 Å². The van der Waals surface area contributed by atoms with Crippen molar-refractivity contribution in [3.8, 4) is 11.4 Å². The second-order valence-electron chi connectivity index (χ2n) is 10.7. The molecule has 2 unspecified atom stereocenters. The molecule has 5 rings (SSSR count). The van der Waals surface area contributed by atoms with Crippen LogP contribution in [0.2, 0.25) is 10.0 Å². The second kappa shape index (κ2) is 12.2. The molecule has 0 radical (unpaired) electrons. The largest absolute Gasteiger partial charge is 0.490 e. The summed E-state index contributed by atoms with van der Waals surface area (Å²) in [6.45, 7) is 9.30. The molecule has 41 heavy (non-hydrogen) atoms. The van der Waals surface area contributed by atoms with Gasteiger partial charge in [0.2, 0.25) is 0 Å². The van der Waals surface area contributed by atoms with E-state index in [1.807, 2.05) is 50.2 Å².